The van der Waals surface area contributed by atoms with Crippen molar-refractivity contribution in [3.63, 3.8) is 0 Å². The molecule has 0 saturated carbocycles. The fourth-order valence-electron chi connectivity index (χ4n) is 2.22. The molecule has 0 fully saturated rings. The van der Waals surface area contributed by atoms with Gasteiger partial charge in [0.1, 0.15) is 11.1 Å². The Morgan fingerprint density at radius 2 is 1.79 bits per heavy atom. The minimum absolute atomic E-state index is 0.0706. The standard InChI is InChI=1S/C17H10BrNO5/c18-10-5-6-14-9(7-10)8-12(17(23)24-14)15(20)19-13-4-2-1-3-11(13)16(21)22/h1-8H,(H,19,20)(H,21,22). The van der Waals surface area contributed by atoms with Crippen LogP contribution in [-0.4, -0.2) is 17.0 Å². The number of benzene rings is 2. The van der Waals surface area contributed by atoms with E-state index < -0.39 is 17.5 Å². The zero-order chi connectivity index (χ0) is 17.3. The van der Waals surface area contributed by atoms with Crippen LogP contribution >= 0.6 is 15.9 Å². The van der Waals surface area contributed by atoms with Gasteiger partial charge in [0.05, 0.1) is 11.3 Å². The number of halogens is 1. The van der Waals surface area contributed by atoms with Crippen LogP contribution in [0, 0.1) is 0 Å². The average molecular weight is 388 g/mol. The van der Waals surface area contributed by atoms with Crippen molar-refractivity contribution in [2.24, 2.45) is 0 Å². The maximum atomic E-state index is 12.4. The molecule has 1 amide bonds. The molecule has 0 atom stereocenters. The van der Waals surface area contributed by atoms with Gasteiger partial charge in [-0.15, -0.1) is 0 Å². The summed E-state index contributed by atoms with van der Waals surface area (Å²) in [6, 6.07) is 12.4. The Labute approximate surface area is 143 Å². The van der Waals surface area contributed by atoms with Crippen LogP contribution in [0.2, 0.25) is 0 Å². The number of fused-ring (bicyclic) bond motifs is 1. The molecule has 120 valence electrons. The van der Waals surface area contributed by atoms with Crippen LogP contribution in [0.1, 0.15) is 20.7 Å². The number of carboxylic acids is 1. The Hall–Kier alpha value is -2.93. The van der Waals surface area contributed by atoms with E-state index in [-0.39, 0.29) is 16.8 Å². The summed E-state index contributed by atoms with van der Waals surface area (Å²) in [5.41, 5.74) is -0.621. The number of para-hydroxylation sites is 1. The number of nitrogens with one attached hydrogen (secondary N) is 1. The monoisotopic (exact) mass is 387 g/mol. The van der Waals surface area contributed by atoms with E-state index >= 15 is 0 Å². The summed E-state index contributed by atoms with van der Waals surface area (Å²) in [6.07, 6.45) is 0. The first-order chi connectivity index (χ1) is 11.5. The molecule has 1 aromatic heterocycles. The van der Waals surface area contributed by atoms with Gasteiger partial charge in [-0.2, -0.15) is 0 Å². The summed E-state index contributed by atoms with van der Waals surface area (Å²) < 4.78 is 5.90. The molecule has 2 N–H and O–H groups in total. The molecule has 0 spiro atoms. The van der Waals surface area contributed by atoms with Gasteiger partial charge in [-0.05, 0) is 36.4 Å². The first-order valence-corrected chi connectivity index (χ1v) is 7.62. The van der Waals surface area contributed by atoms with Crippen molar-refractivity contribution < 1.29 is 19.1 Å². The molecule has 6 nitrogen and oxygen atoms in total. The van der Waals surface area contributed by atoms with E-state index in [4.69, 9.17) is 9.52 Å². The first kappa shape index (κ1) is 15.9. The Morgan fingerprint density at radius 1 is 1.04 bits per heavy atom. The van der Waals surface area contributed by atoms with Gasteiger partial charge in [0, 0.05) is 9.86 Å². The van der Waals surface area contributed by atoms with Crippen molar-refractivity contribution >= 4 is 44.5 Å². The second-order valence-electron chi connectivity index (χ2n) is 4.93. The van der Waals surface area contributed by atoms with E-state index in [0.29, 0.717) is 11.0 Å². The Morgan fingerprint density at radius 3 is 2.54 bits per heavy atom. The van der Waals surface area contributed by atoms with Crippen molar-refractivity contribution in [1.29, 1.82) is 0 Å². The van der Waals surface area contributed by atoms with Gasteiger partial charge in [0.15, 0.2) is 0 Å². The van der Waals surface area contributed by atoms with E-state index in [1.54, 1.807) is 30.3 Å². The Kier molecular flexibility index (Phi) is 4.18. The molecule has 0 aliphatic rings. The van der Waals surface area contributed by atoms with E-state index in [1.165, 1.54) is 18.2 Å². The van der Waals surface area contributed by atoms with Gasteiger partial charge in [-0.1, -0.05) is 28.1 Å². The zero-order valence-corrected chi connectivity index (χ0v) is 13.7. The fraction of sp³-hybridized carbons (Fsp3) is 0. The number of rotatable bonds is 3. The summed E-state index contributed by atoms with van der Waals surface area (Å²) in [7, 11) is 0. The smallest absolute Gasteiger partial charge is 0.349 e. The van der Waals surface area contributed by atoms with Gasteiger partial charge in [0.25, 0.3) is 5.91 Å². The van der Waals surface area contributed by atoms with Crippen LogP contribution in [0.4, 0.5) is 5.69 Å². The summed E-state index contributed by atoms with van der Waals surface area (Å²) >= 11 is 3.31. The van der Waals surface area contributed by atoms with Gasteiger partial charge in [0.2, 0.25) is 0 Å². The zero-order valence-electron chi connectivity index (χ0n) is 12.1. The molecule has 3 aromatic rings. The number of carbonyl (C=O) groups is 2. The lowest BCUT2D eigenvalue weighted by atomic mass is 10.1. The SMILES string of the molecule is O=C(O)c1ccccc1NC(=O)c1cc2cc(Br)ccc2oc1=O. The molecule has 24 heavy (non-hydrogen) atoms. The van der Waals surface area contributed by atoms with E-state index in [2.05, 4.69) is 21.2 Å². The molecule has 0 aliphatic heterocycles. The molecule has 2 aromatic carbocycles. The predicted octanol–water partition coefficient (Wildman–Crippen LogP) is 3.51. The number of carboxylic acid groups (broad SMARTS) is 1. The molecule has 7 heteroatoms. The summed E-state index contributed by atoms with van der Waals surface area (Å²) in [6.45, 7) is 0. The largest absolute Gasteiger partial charge is 0.478 e. The molecule has 0 bridgehead atoms. The van der Waals surface area contributed by atoms with Gasteiger partial charge in [-0.25, -0.2) is 9.59 Å². The van der Waals surface area contributed by atoms with Crippen LogP contribution in [0.5, 0.6) is 0 Å². The highest BCUT2D eigenvalue weighted by atomic mass is 79.9. The molecule has 1 heterocycles. The highest BCUT2D eigenvalue weighted by molar-refractivity contribution is 9.10. The van der Waals surface area contributed by atoms with Gasteiger partial charge in [-0.3, -0.25) is 4.79 Å². The molecule has 3 rings (SSSR count). The highest BCUT2D eigenvalue weighted by Gasteiger charge is 2.17. The number of anilines is 1. The average Bonchev–Trinajstić information content (AvgIpc) is 2.54. The molecular formula is C17H10BrNO5. The normalized spacial score (nSPS) is 10.5. The van der Waals surface area contributed by atoms with E-state index in [0.717, 1.165) is 4.47 Å². The lowest BCUT2D eigenvalue weighted by Gasteiger charge is -2.08. The van der Waals surface area contributed by atoms with E-state index in [9.17, 15) is 14.4 Å². The second-order valence-corrected chi connectivity index (χ2v) is 5.85. The third-order valence-electron chi connectivity index (χ3n) is 3.34. The number of carbonyl (C=O) groups excluding carboxylic acids is 1. The molecule has 0 saturated heterocycles. The molecular weight excluding hydrogens is 378 g/mol. The van der Waals surface area contributed by atoms with Crippen LogP contribution in [-0.2, 0) is 0 Å². The van der Waals surface area contributed by atoms with Crippen LogP contribution in [0.25, 0.3) is 11.0 Å². The van der Waals surface area contributed by atoms with Crippen molar-refractivity contribution in [3.05, 3.63) is 74.6 Å². The number of aromatic carboxylic acids is 1. The molecule has 0 aliphatic carbocycles. The Bertz CT molecular complexity index is 1020. The quantitative estimate of drug-likeness (QED) is 0.670. The van der Waals surface area contributed by atoms with Crippen LogP contribution in [0.3, 0.4) is 0 Å². The predicted molar refractivity (Wildman–Crippen MR) is 91.5 cm³/mol. The maximum Gasteiger partial charge on any atom is 0.349 e. The summed E-state index contributed by atoms with van der Waals surface area (Å²) in [5, 5.41) is 12.1. The second kappa shape index (κ2) is 6.29. The highest BCUT2D eigenvalue weighted by Crippen LogP contribution is 2.20. The third-order valence-corrected chi connectivity index (χ3v) is 3.84. The van der Waals surface area contributed by atoms with Gasteiger partial charge >= 0.3 is 11.6 Å². The van der Waals surface area contributed by atoms with E-state index in [1.807, 2.05) is 0 Å². The lowest BCUT2D eigenvalue weighted by Crippen LogP contribution is -2.21. The van der Waals surface area contributed by atoms with Crippen molar-refractivity contribution in [3.8, 4) is 0 Å². The number of hydrogen-bond acceptors (Lipinski definition) is 4. The lowest BCUT2D eigenvalue weighted by molar-refractivity contribution is 0.0698. The van der Waals surface area contributed by atoms with Crippen molar-refractivity contribution in [1.82, 2.24) is 0 Å². The topological polar surface area (TPSA) is 96.6 Å². The molecule has 0 radical (unpaired) electrons. The van der Waals surface area contributed by atoms with Crippen LogP contribution < -0.4 is 10.9 Å². The molecule has 0 unspecified atom stereocenters. The first-order valence-electron chi connectivity index (χ1n) is 6.83. The van der Waals surface area contributed by atoms with Crippen LogP contribution in [0.15, 0.2) is 62.2 Å². The van der Waals surface area contributed by atoms with Crippen molar-refractivity contribution in [2.45, 2.75) is 0 Å². The van der Waals surface area contributed by atoms with Gasteiger partial charge < -0.3 is 14.8 Å². The number of amides is 1. The van der Waals surface area contributed by atoms with Crippen molar-refractivity contribution in [2.75, 3.05) is 5.32 Å². The minimum Gasteiger partial charge on any atom is -0.478 e. The number of hydrogen-bond donors (Lipinski definition) is 2. The fourth-order valence-corrected chi connectivity index (χ4v) is 2.60. The summed E-state index contributed by atoms with van der Waals surface area (Å²) in [4.78, 5) is 35.6. The minimum atomic E-state index is -1.18. The third kappa shape index (κ3) is 3.07. The Balaban J connectivity index is 2.02. The summed E-state index contributed by atoms with van der Waals surface area (Å²) in [5.74, 6) is -1.92. The maximum absolute atomic E-state index is 12.4.